The average Bonchev–Trinajstić information content (AvgIpc) is 3.21. The standard InChI is InChI=1S/C22H23FN2O4/c23-17-6-8-18(9-7-17)25-22(27)16-4-2-15(3-5-16)21(26)24-12-14-1-10-19-20(11-14)29-13-28-19/h1,6-11,15-16H,2-5,12-13H2,(H,24,26)(H,25,27). The second kappa shape index (κ2) is 8.51. The lowest BCUT2D eigenvalue weighted by Crippen LogP contribution is -2.35. The molecule has 2 aromatic rings. The smallest absolute Gasteiger partial charge is 0.231 e. The summed E-state index contributed by atoms with van der Waals surface area (Å²) in [5.41, 5.74) is 1.54. The first kappa shape index (κ1) is 19.2. The van der Waals surface area contributed by atoms with Crippen molar-refractivity contribution in [1.82, 2.24) is 5.32 Å². The molecule has 1 heterocycles. The highest BCUT2D eigenvalue weighted by molar-refractivity contribution is 5.92. The Morgan fingerprint density at radius 2 is 1.55 bits per heavy atom. The van der Waals surface area contributed by atoms with Gasteiger partial charge in [-0.15, -0.1) is 0 Å². The molecule has 4 rings (SSSR count). The van der Waals surface area contributed by atoms with Gasteiger partial charge < -0.3 is 20.1 Å². The third kappa shape index (κ3) is 4.67. The van der Waals surface area contributed by atoms with Gasteiger partial charge in [-0.2, -0.15) is 0 Å². The highest BCUT2D eigenvalue weighted by Crippen LogP contribution is 2.33. The zero-order valence-electron chi connectivity index (χ0n) is 15.9. The number of amides is 2. The summed E-state index contributed by atoms with van der Waals surface area (Å²) in [4.78, 5) is 24.9. The fourth-order valence-electron chi connectivity index (χ4n) is 3.78. The molecule has 1 aliphatic heterocycles. The number of carbonyl (C=O) groups excluding carboxylic acids is 2. The first-order chi connectivity index (χ1) is 14.1. The van der Waals surface area contributed by atoms with Crippen LogP contribution < -0.4 is 20.1 Å². The summed E-state index contributed by atoms with van der Waals surface area (Å²) in [5, 5.41) is 5.80. The van der Waals surface area contributed by atoms with Gasteiger partial charge in [-0.1, -0.05) is 6.07 Å². The lowest BCUT2D eigenvalue weighted by Gasteiger charge is -2.27. The molecule has 2 amide bonds. The number of ether oxygens (including phenoxy) is 2. The van der Waals surface area contributed by atoms with Crippen molar-refractivity contribution < 1.29 is 23.5 Å². The maximum atomic E-state index is 13.0. The fraction of sp³-hybridized carbons (Fsp3) is 0.364. The van der Waals surface area contributed by atoms with Crippen LogP contribution in [0, 0.1) is 17.7 Å². The number of hydrogen-bond donors (Lipinski definition) is 2. The number of benzene rings is 2. The Morgan fingerprint density at radius 3 is 2.28 bits per heavy atom. The van der Waals surface area contributed by atoms with E-state index in [0.717, 1.165) is 11.3 Å². The van der Waals surface area contributed by atoms with Crippen LogP contribution >= 0.6 is 0 Å². The molecule has 1 saturated carbocycles. The van der Waals surface area contributed by atoms with Gasteiger partial charge in [0, 0.05) is 24.1 Å². The van der Waals surface area contributed by atoms with E-state index in [0.29, 0.717) is 43.7 Å². The first-order valence-electron chi connectivity index (χ1n) is 9.81. The third-order valence-corrected chi connectivity index (χ3v) is 5.48. The average molecular weight is 398 g/mol. The molecular weight excluding hydrogens is 375 g/mol. The van der Waals surface area contributed by atoms with Crippen molar-refractivity contribution in [2.45, 2.75) is 32.2 Å². The maximum absolute atomic E-state index is 13.0. The molecule has 0 spiro atoms. The van der Waals surface area contributed by atoms with Crippen molar-refractivity contribution in [2.75, 3.05) is 12.1 Å². The van der Waals surface area contributed by atoms with Crippen LogP contribution in [0.2, 0.25) is 0 Å². The van der Waals surface area contributed by atoms with E-state index in [2.05, 4.69) is 10.6 Å². The van der Waals surface area contributed by atoms with E-state index in [1.807, 2.05) is 18.2 Å². The van der Waals surface area contributed by atoms with Crippen LogP contribution in [0.4, 0.5) is 10.1 Å². The molecule has 152 valence electrons. The van der Waals surface area contributed by atoms with Gasteiger partial charge in [0.25, 0.3) is 0 Å². The van der Waals surface area contributed by atoms with E-state index >= 15 is 0 Å². The molecule has 0 unspecified atom stereocenters. The predicted octanol–water partition coefficient (Wildman–Crippen LogP) is 3.62. The van der Waals surface area contributed by atoms with E-state index in [4.69, 9.17) is 9.47 Å². The summed E-state index contributed by atoms with van der Waals surface area (Å²) in [5.74, 6) is 0.810. The Morgan fingerprint density at radius 1 is 0.897 bits per heavy atom. The zero-order valence-corrected chi connectivity index (χ0v) is 15.9. The van der Waals surface area contributed by atoms with Gasteiger partial charge in [0.1, 0.15) is 5.82 Å². The number of hydrogen-bond acceptors (Lipinski definition) is 4. The summed E-state index contributed by atoms with van der Waals surface area (Å²) < 4.78 is 23.6. The fourth-order valence-corrected chi connectivity index (χ4v) is 3.78. The van der Waals surface area contributed by atoms with Crippen molar-refractivity contribution in [3.63, 3.8) is 0 Å². The lowest BCUT2D eigenvalue weighted by atomic mass is 9.81. The van der Waals surface area contributed by atoms with Crippen molar-refractivity contribution in [2.24, 2.45) is 11.8 Å². The van der Waals surface area contributed by atoms with Gasteiger partial charge in [-0.25, -0.2) is 4.39 Å². The highest BCUT2D eigenvalue weighted by atomic mass is 19.1. The van der Waals surface area contributed by atoms with Crippen molar-refractivity contribution in [3.8, 4) is 11.5 Å². The maximum Gasteiger partial charge on any atom is 0.231 e. The zero-order chi connectivity index (χ0) is 20.2. The summed E-state index contributed by atoms with van der Waals surface area (Å²) >= 11 is 0. The quantitative estimate of drug-likeness (QED) is 0.807. The molecule has 0 atom stereocenters. The molecule has 29 heavy (non-hydrogen) atoms. The topological polar surface area (TPSA) is 76.7 Å². The molecule has 7 heteroatoms. The Hall–Kier alpha value is -3.09. The third-order valence-electron chi connectivity index (χ3n) is 5.48. The molecule has 1 aliphatic carbocycles. The summed E-state index contributed by atoms with van der Waals surface area (Å²) in [6.07, 6.45) is 2.67. The van der Waals surface area contributed by atoms with Gasteiger partial charge in [0.05, 0.1) is 0 Å². The molecule has 2 aliphatic rings. The van der Waals surface area contributed by atoms with Crippen molar-refractivity contribution >= 4 is 17.5 Å². The Balaban J connectivity index is 1.23. The van der Waals surface area contributed by atoms with Crippen LogP contribution in [0.15, 0.2) is 42.5 Å². The Bertz CT molecular complexity index is 892. The van der Waals surface area contributed by atoms with Gasteiger partial charge in [-0.05, 0) is 67.6 Å². The lowest BCUT2D eigenvalue weighted by molar-refractivity contribution is -0.128. The van der Waals surface area contributed by atoms with Gasteiger partial charge >= 0.3 is 0 Å². The number of nitrogens with one attached hydrogen (secondary N) is 2. The SMILES string of the molecule is O=C(NCc1ccc2c(c1)OCO2)C1CCC(C(=O)Nc2ccc(F)cc2)CC1. The highest BCUT2D eigenvalue weighted by Gasteiger charge is 2.30. The number of carbonyl (C=O) groups is 2. The van der Waals surface area contributed by atoms with Crippen molar-refractivity contribution in [1.29, 1.82) is 0 Å². The number of fused-ring (bicyclic) bond motifs is 1. The molecule has 1 fully saturated rings. The molecule has 2 N–H and O–H groups in total. The molecular formula is C22H23FN2O4. The molecule has 2 aromatic carbocycles. The number of halogens is 1. The summed E-state index contributed by atoms with van der Waals surface area (Å²) in [6.45, 7) is 0.656. The molecule has 0 radical (unpaired) electrons. The minimum Gasteiger partial charge on any atom is -0.454 e. The number of rotatable bonds is 5. The molecule has 6 nitrogen and oxygen atoms in total. The van der Waals surface area contributed by atoms with E-state index in [-0.39, 0.29) is 36.3 Å². The summed E-state index contributed by atoms with van der Waals surface area (Å²) in [6, 6.07) is 11.3. The van der Waals surface area contributed by atoms with Crippen LogP contribution in [0.5, 0.6) is 11.5 Å². The van der Waals surface area contributed by atoms with Gasteiger partial charge in [0.15, 0.2) is 11.5 Å². The Labute approximate surface area is 168 Å². The van der Waals surface area contributed by atoms with Crippen LogP contribution in [0.1, 0.15) is 31.2 Å². The van der Waals surface area contributed by atoms with E-state index in [9.17, 15) is 14.0 Å². The van der Waals surface area contributed by atoms with E-state index in [1.165, 1.54) is 12.1 Å². The van der Waals surface area contributed by atoms with Crippen LogP contribution in [0.3, 0.4) is 0 Å². The van der Waals surface area contributed by atoms with Crippen molar-refractivity contribution in [3.05, 3.63) is 53.8 Å². The normalized spacial score (nSPS) is 20.2. The first-order valence-corrected chi connectivity index (χ1v) is 9.81. The minimum atomic E-state index is -0.338. The largest absolute Gasteiger partial charge is 0.454 e. The summed E-state index contributed by atoms with van der Waals surface area (Å²) in [7, 11) is 0. The van der Waals surface area contributed by atoms with Gasteiger partial charge in [0.2, 0.25) is 18.6 Å². The molecule has 0 bridgehead atoms. The second-order valence-electron chi connectivity index (χ2n) is 7.45. The molecule has 0 aromatic heterocycles. The van der Waals surface area contributed by atoms with E-state index in [1.54, 1.807) is 12.1 Å². The predicted molar refractivity (Wildman–Crippen MR) is 105 cm³/mol. The Kier molecular flexibility index (Phi) is 5.64. The van der Waals surface area contributed by atoms with E-state index < -0.39 is 0 Å². The van der Waals surface area contributed by atoms with Crippen LogP contribution in [-0.2, 0) is 16.1 Å². The van der Waals surface area contributed by atoms with Crippen LogP contribution in [0.25, 0.3) is 0 Å². The number of anilines is 1. The minimum absolute atomic E-state index is 0.0139. The van der Waals surface area contributed by atoms with Gasteiger partial charge in [-0.3, -0.25) is 9.59 Å². The molecule has 0 saturated heterocycles. The van der Waals surface area contributed by atoms with Crippen LogP contribution in [-0.4, -0.2) is 18.6 Å². The second-order valence-corrected chi connectivity index (χ2v) is 7.45. The monoisotopic (exact) mass is 398 g/mol.